The van der Waals surface area contributed by atoms with E-state index in [2.05, 4.69) is 14.5 Å². The highest BCUT2D eigenvalue weighted by atomic mass is 32.1. The molecule has 1 heterocycles. The summed E-state index contributed by atoms with van der Waals surface area (Å²) in [6, 6.07) is 0. The van der Waals surface area contributed by atoms with Gasteiger partial charge in [0.2, 0.25) is 0 Å². The molecule has 7 heteroatoms. The van der Waals surface area contributed by atoms with Crippen LogP contribution in [0.3, 0.4) is 0 Å². The van der Waals surface area contributed by atoms with Crippen LogP contribution in [0.25, 0.3) is 0 Å². The molecule has 1 aromatic heterocycles. The summed E-state index contributed by atoms with van der Waals surface area (Å²) in [4.78, 5) is 29.6. The van der Waals surface area contributed by atoms with Gasteiger partial charge in [-0.25, -0.2) is 4.98 Å². The molecule has 6 nitrogen and oxygen atoms in total. The molecule has 0 radical (unpaired) electrons. The minimum atomic E-state index is -0.370. The number of nitrogens with zero attached hydrogens (tertiary/aromatic N) is 2. The number of rotatable bonds is 7. The molecule has 0 bridgehead atoms. The number of carbonyl (C=O) groups is 2. The maximum absolute atomic E-state index is 11.3. The average molecular weight is 286 g/mol. The molecule has 0 aliphatic rings. The fourth-order valence-corrected chi connectivity index (χ4v) is 2.30. The van der Waals surface area contributed by atoms with Crippen LogP contribution in [-0.2, 0) is 25.5 Å². The highest BCUT2D eigenvalue weighted by Crippen LogP contribution is 2.13. The van der Waals surface area contributed by atoms with Crippen molar-refractivity contribution >= 4 is 23.3 Å². The zero-order valence-corrected chi connectivity index (χ0v) is 12.2. The Hall–Kier alpha value is -1.47. The molecule has 0 aromatic carbocycles. The summed E-state index contributed by atoms with van der Waals surface area (Å²) in [5, 5.41) is 0. The molecule has 0 saturated heterocycles. The van der Waals surface area contributed by atoms with E-state index >= 15 is 0 Å². The Morgan fingerprint density at radius 1 is 1.26 bits per heavy atom. The highest BCUT2D eigenvalue weighted by Gasteiger charge is 2.16. The maximum Gasteiger partial charge on any atom is 0.319 e. The molecule has 19 heavy (non-hydrogen) atoms. The normalized spacial score (nSPS) is 10.5. The standard InChI is InChI=1S/C12H18N2O4S/c1-9-10(19-8-13-9)4-5-14(6-11(15)17-2)7-12(16)18-3/h8H,4-7H2,1-3H3. The summed E-state index contributed by atoms with van der Waals surface area (Å²) in [5.74, 6) is -0.741. The number of hydrogen-bond acceptors (Lipinski definition) is 7. The zero-order chi connectivity index (χ0) is 14.3. The van der Waals surface area contributed by atoms with Gasteiger partial charge in [-0.3, -0.25) is 14.5 Å². The van der Waals surface area contributed by atoms with Crippen LogP contribution in [0.4, 0.5) is 0 Å². The van der Waals surface area contributed by atoms with E-state index in [9.17, 15) is 9.59 Å². The second-order valence-corrected chi connectivity index (χ2v) is 4.91. The van der Waals surface area contributed by atoms with Gasteiger partial charge in [0.05, 0.1) is 38.5 Å². The molecule has 0 unspecified atom stereocenters. The van der Waals surface area contributed by atoms with Gasteiger partial charge in [-0.2, -0.15) is 0 Å². The topological polar surface area (TPSA) is 68.7 Å². The van der Waals surface area contributed by atoms with Gasteiger partial charge in [0, 0.05) is 11.4 Å². The minimum Gasteiger partial charge on any atom is -0.468 e. The fourth-order valence-electron chi connectivity index (χ4n) is 1.53. The highest BCUT2D eigenvalue weighted by molar-refractivity contribution is 7.09. The Morgan fingerprint density at radius 2 is 1.84 bits per heavy atom. The van der Waals surface area contributed by atoms with Crippen LogP contribution in [0.5, 0.6) is 0 Å². The molecule has 0 atom stereocenters. The number of carbonyl (C=O) groups excluding carboxylic acids is 2. The Kier molecular flexibility index (Phi) is 6.44. The van der Waals surface area contributed by atoms with Gasteiger partial charge >= 0.3 is 11.9 Å². The number of ether oxygens (including phenoxy) is 2. The Bertz CT molecular complexity index is 415. The van der Waals surface area contributed by atoms with Crippen LogP contribution in [0.15, 0.2) is 5.51 Å². The predicted octanol–water partition coefficient (Wildman–Crippen LogP) is 0.642. The lowest BCUT2D eigenvalue weighted by molar-refractivity contribution is -0.145. The lowest BCUT2D eigenvalue weighted by Crippen LogP contribution is -2.37. The molecule has 0 aliphatic carbocycles. The van der Waals surface area contributed by atoms with E-state index in [0.29, 0.717) is 6.54 Å². The summed E-state index contributed by atoms with van der Waals surface area (Å²) in [6.07, 6.45) is 0.741. The number of thiazole rings is 1. The van der Waals surface area contributed by atoms with E-state index in [4.69, 9.17) is 0 Å². The number of esters is 2. The number of hydrogen-bond donors (Lipinski definition) is 0. The van der Waals surface area contributed by atoms with Crippen LogP contribution >= 0.6 is 11.3 Å². The van der Waals surface area contributed by atoms with Crippen molar-refractivity contribution in [3.05, 3.63) is 16.1 Å². The number of methoxy groups -OCH3 is 2. The zero-order valence-electron chi connectivity index (χ0n) is 11.3. The first-order valence-corrected chi connectivity index (χ1v) is 6.69. The third kappa shape index (κ3) is 5.35. The fraction of sp³-hybridized carbons (Fsp3) is 0.583. The second-order valence-electron chi connectivity index (χ2n) is 3.97. The lowest BCUT2D eigenvalue weighted by Gasteiger charge is -2.19. The van der Waals surface area contributed by atoms with Gasteiger partial charge in [0.25, 0.3) is 0 Å². The van der Waals surface area contributed by atoms with Gasteiger partial charge in [0.1, 0.15) is 0 Å². The van der Waals surface area contributed by atoms with Gasteiger partial charge in [0.15, 0.2) is 0 Å². The van der Waals surface area contributed by atoms with Crippen molar-refractivity contribution < 1.29 is 19.1 Å². The lowest BCUT2D eigenvalue weighted by atomic mass is 10.3. The molecule has 0 spiro atoms. The Balaban J connectivity index is 2.55. The van der Waals surface area contributed by atoms with E-state index in [1.54, 1.807) is 21.7 Å². The molecule has 1 rings (SSSR count). The van der Waals surface area contributed by atoms with Crippen LogP contribution in [0.2, 0.25) is 0 Å². The Labute approximate surface area is 116 Å². The van der Waals surface area contributed by atoms with E-state index in [1.165, 1.54) is 14.2 Å². The minimum absolute atomic E-state index is 0.0729. The molecule has 0 aliphatic heterocycles. The second kappa shape index (κ2) is 7.85. The van der Waals surface area contributed by atoms with Crippen LogP contribution < -0.4 is 0 Å². The van der Waals surface area contributed by atoms with Crippen molar-refractivity contribution in [2.45, 2.75) is 13.3 Å². The van der Waals surface area contributed by atoms with E-state index in [-0.39, 0.29) is 25.0 Å². The first kappa shape index (κ1) is 15.6. The first-order valence-electron chi connectivity index (χ1n) is 5.81. The third-order valence-corrected chi connectivity index (χ3v) is 3.66. The van der Waals surface area contributed by atoms with Gasteiger partial charge in [-0.05, 0) is 13.3 Å². The molecule has 106 valence electrons. The summed E-state index contributed by atoms with van der Waals surface area (Å²) >= 11 is 1.57. The van der Waals surface area contributed by atoms with Crippen molar-refractivity contribution in [3.8, 4) is 0 Å². The monoisotopic (exact) mass is 286 g/mol. The smallest absolute Gasteiger partial charge is 0.319 e. The third-order valence-electron chi connectivity index (χ3n) is 2.66. The van der Waals surface area contributed by atoms with Gasteiger partial charge in [-0.1, -0.05) is 0 Å². The van der Waals surface area contributed by atoms with E-state index in [1.807, 2.05) is 6.92 Å². The average Bonchev–Trinajstić information content (AvgIpc) is 2.81. The van der Waals surface area contributed by atoms with Crippen LogP contribution in [-0.4, -0.2) is 55.7 Å². The van der Waals surface area contributed by atoms with Gasteiger partial charge in [-0.15, -0.1) is 11.3 Å². The van der Waals surface area contributed by atoms with Crippen molar-refractivity contribution in [3.63, 3.8) is 0 Å². The molecule has 0 saturated carbocycles. The van der Waals surface area contributed by atoms with Crippen molar-refractivity contribution in [1.82, 2.24) is 9.88 Å². The van der Waals surface area contributed by atoms with E-state index in [0.717, 1.165) is 17.0 Å². The summed E-state index contributed by atoms with van der Waals surface area (Å²) in [6.45, 7) is 2.66. The molecule has 0 fully saturated rings. The molecule has 1 aromatic rings. The molecule has 0 amide bonds. The van der Waals surface area contributed by atoms with Gasteiger partial charge < -0.3 is 9.47 Å². The number of aryl methyl sites for hydroxylation is 1. The first-order chi connectivity index (χ1) is 9.06. The number of aromatic nitrogens is 1. The van der Waals surface area contributed by atoms with Crippen molar-refractivity contribution in [1.29, 1.82) is 0 Å². The molecule has 0 N–H and O–H groups in total. The molecular formula is C12H18N2O4S. The van der Waals surface area contributed by atoms with Crippen molar-refractivity contribution in [2.24, 2.45) is 0 Å². The maximum atomic E-state index is 11.3. The molecular weight excluding hydrogens is 268 g/mol. The van der Waals surface area contributed by atoms with Crippen molar-refractivity contribution in [2.75, 3.05) is 33.9 Å². The summed E-state index contributed by atoms with van der Waals surface area (Å²) in [7, 11) is 2.65. The Morgan fingerprint density at radius 3 is 2.26 bits per heavy atom. The van der Waals surface area contributed by atoms with Crippen LogP contribution in [0.1, 0.15) is 10.6 Å². The summed E-state index contributed by atoms with van der Waals surface area (Å²) < 4.78 is 9.23. The quantitative estimate of drug-likeness (QED) is 0.685. The summed E-state index contributed by atoms with van der Waals surface area (Å²) in [5.41, 5.74) is 2.77. The van der Waals surface area contributed by atoms with E-state index < -0.39 is 0 Å². The largest absolute Gasteiger partial charge is 0.468 e. The predicted molar refractivity (Wildman–Crippen MR) is 71.0 cm³/mol. The van der Waals surface area contributed by atoms with Crippen LogP contribution in [0, 0.1) is 6.92 Å². The SMILES string of the molecule is COC(=O)CN(CCc1scnc1C)CC(=O)OC.